The van der Waals surface area contributed by atoms with Crippen LogP contribution in [0.15, 0.2) is 48.5 Å². The average Bonchev–Trinajstić information content (AvgIpc) is 2.42. The number of phenolic OH excluding ortho intramolecular Hbond substituents is 1. The second-order valence-electron chi connectivity index (χ2n) is 5.35. The molecule has 0 fully saturated rings. The SMILES string of the molecule is CC1CCC(Nc2cccc(O)c2)c2ccccc21. The van der Waals surface area contributed by atoms with Crippen LogP contribution in [-0.4, -0.2) is 5.11 Å². The van der Waals surface area contributed by atoms with Gasteiger partial charge in [0.15, 0.2) is 0 Å². The van der Waals surface area contributed by atoms with E-state index in [1.807, 2.05) is 12.1 Å². The Labute approximate surface area is 114 Å². The predicted molar refractivity (Wildman–Crippen MR) is 78.6 cm³/mol. The molecule has 2 nitrogen and oxygen atoms in total. The fourth-order valence-electron chi connectivity index (χ4n) is 2.95. The lowest BCUT2D eigenvalue weighted by Crippen LogP contribution is -2.19. The molecular formula is C17H19NO. The Morgan fingerprint density at radius 3 is 2.58 bits per heavy atom. The highest BCUT2D eigenvalue weighted by atomic mass is 16.3. The lowest BCUT2D eigenvalue weighted by atomic mass is 9.81. The van der Waals surface area contributed by atoms with Crippen molar-refractivity contribution in [2.75, 3.05) is 5.32 Å². The summed E-state index contributed by atoms with van der Waals surface area (Å²) in [6, 6.07) is 16.4. The Morgan fingerprint density at radius 1 is 1.00 bits per heavy atom. The molecular weight excluding hydrogens is 234 g/mol. The third kappa shape index (κ3) is 2.43. The number of benzene rings is 2. The monoisotopic (exact) mass is 253 g/mol. The quantitative estimate of drug-likeness (QED) is 0.829. The first-order valence-corrected chi connectivity index (χ1v) is 6.88. The van der Waals surface area contributed by atoms with Gasteiger partial charge in [0.2, 0.25) is 0 Å². The molecule has 2 aromatic rings. The molecule has 2 unspecified atom stereocenters. The second kappa shape index (κ2) is 4.96. The maximum absolute atomic E-state index is 9.54. The smallest absolute Gasteiger partial charge is 0.117 e. The fraction of sp³-hybridized carbons (Fsp3) is 0.294. The first kappa shape index (κ1) is 12.1. The molecule has 2 atom stereocenters. The number of hydrogen-bond acceptors (Lipinski definition) is 2. The van der Waals surface area contributed by atoms with Crippen molar-refractivity contribution in [3.8, 4) is 5.75 Å². The minimum Gasteiger partial charge on any atom is -0.508 e. The van der Waals surface area contributed by atoms with Crippen LogP contribution in [0.5, 0.6) is 5.75 Å². The molecule has 0 aliphatic heterocycles. The van der Waals surface area contributed by atoms with Crippen LogP contribution in [0.4, 0.5) is 5.69 Å². The molecule has 0 saturated heterocycles. The van der Waals surface area contributed by atoms with Crippen molar-refractivity contribution in [1.82, 2.24) is 0 Å². The van der Waals surface area contributed by atoms with Crippen molar-refractivity contribution in [2.24, 2.45) is 0 Å². The number of rotatable bonds is 2. The summed E-state index contributed by atoms with van der Waals surface area (Å²) in [7, 11) is 0. The minimum atomic E-state index is 0.308. The van der Waals surface area contributed by atoms with Gasteiger partial charge in [-0.2, -0.15) is 0 Å². The molecule has 0 saturated carbocycles. The first-order chi connectivity index (χ1) is 9.24. The van der Waals surface area contributed by atoms with Gasteiger partial charge in [-0.1, -0.05) is 37.3 Å². The molecule has 3 rings (SSSR count). The van der Waals surface area contributed by atoms with E-state index in [9.17, 15) is 5.11 Å². The number of aromatic hydroxyl groups is 1. The molecule has 0 amide bonds. The molecule has 2 heteroatoms. The molecule has 0 bridgehead atoms. The van der Waals surface area contributed by atoms with Gasteiger partial charge in [0.1, 0.15) is 5.75 Å². The molecule has 1 aliphatic rings. The van der Waals surface area contributed by atoms with Gasteiger partial charge in [0.05, 0.1) is 6.04 Å². The summed E-state index contributed by atoms with van der Waals surface area (Å²) in [6.45, 7) is 2.30. The van der Waals surface area contributed by atoms with Crippen molar-refractivity contribution in [1.29, 1.82) is 0 Å². The van der Waals surface area contributed by atoms with E-state index in [1.165, 1.54) is 17.5 Å². The summed E-state index contributed by atoms with van der Waals surface area (Å²) in [5, 5.41) is 13.1. The van der Waals surface area contributed by atoms with Gasteiger partial charge in [-0.05, 0) is 42.0 Å². The van der Waals surface area contributed by atoms with Gasteiger partial charge in [-0.25, -0.2) is 0 Å². The Morgan fingerprint density at radius 2 is 1.79 bits per heavy atom. The van der Waals surface area contributed by atoms with Crippen LogP contribution in [0.2, 0.25) is 0 Å². The van der Waals surface area contributed by atoms with Crippen molar-refractivity contribution in [3.05, 3.63) is 59.7 Å². The van der Waals surface area contributed by atoms with E-state index in [4.69, 9.17) is 0 Å². The standard InChI is InChI=1S/C17H19NO/c1-12-9-10-17(16-8-3-2-7-15(12)16)18-13-5-4-6-14(19)11-13/h2-8,11-12,17-19H,9-10H2,1H3. The van der Waals surface area contributed by atoms with Gasteiger partial charge >= 0.3 is 0 Å². The Balaban J connectivity index is 1.89. The Kier molecular flexibility index (Phi) is 3.16. The number of nitrogens with one attached hydrogen (secondary N) is 1. The zero-order valence-corrected chi connectivity index (χ0v) is 11.1. The van der Waals surface area contributed by atoms with Crippen molar-refractivity contribution in [2.45, 2.75) is 31.7 Å². The van der Waals surface area contributed by atoms with Crippen molar-refractivity contribution in [3.63, 3.8) is 0 Å². The number of hydrogen-bond donors (Lipinski definition) is 2. The largest absolute Gasteiger partial charge is 0.508 e. The molecule has 2 aromatic carbocycles. The van der Waals surface area contributed by atoms with Gasteiger partial charge < -0.3 is 10.4 Å². The lowest BCUT2D eigenvalue weighted by molar-refractivity contribution is 0.475. The fourth-order valence-corrected chi connectivity index (χ4v) is 2.95. The first-order valence-electron chi connectivity index (χ1n) is 6.88. The number of anilines is 1. The molecule has 0 radical (unpaired) electrons. The normalized spacial score (nSPS) is 21.7. The molecule has 2 N–H and O–H groups in total. The summed E-state index contributed by atoms with van der Waals surface area (Å²) in [5.41, 5.74) is 3.82. The summed E-state index contributed by atoms with van der Waals surface area (Å²) < 4.78 is 0. The predicted octanol–water partition coefficient (Wildman–Crippen LogP) is 4.44. The highest BCUT2D eigenvalue weighted by molar-refractivity contribution is 5.51. The zero-order valence-electron chi connectivity index (χ0n) is 11.1. The van der Waals surface area contributed by atoms with E-state index in [0.717, 1.165) is 12.1 Å². The highest BCUT2D eigenvalue weighted by Crippen LogP contribution is 2.38. The van der Waals surface area contributed by atoms with Crippen LogP contribution in [-0.2, 0) is 0 Å². The third-order valence-corrected chi connectivity index (χ3v) is 3.98. The van der Waals surface area contributed by atoms with E-state index < -0.39 is 0 Å². The Hall–Kier alpha value is -1.96. The van der Waals surface area contributed by atoms with Crippen LogP contribution >= 0.6 is 0 Å². The molecule has 98 valence electrons. The second-order valence-corrected chi connectivity index (χ2v) is 5.35. The van der Waals surface area contributed by atoms with Gasteiger partial charge in [-0.15, -0.1) is 0 Å². The van der Waals surface area contributed by atoms with E-state index >= 15 is 0 Å². The third-order valence-electron chi connectivity index (χ3n) is 3.98. The maximum Gasteiger partial charge on any atom is 0.117 e. The van der Waals surface area contributed by atoms with E-state index in [1.54, 1.807) is 12.1 Å². The topological polar surface area (TPSA) is 32.3 Å². The van der Waals surface area contributed by atoms with Crippen molar-refractivity contribution >= 4 is 5.69 Å². The molecule has 1 aliphatic carbocycles. The van der Waals surface area contributed by atoms with Crippen LogP contribution < -0.4 is 5.32 Å². The molecule has 0 heterocycles. The molecule has 0 aromatic heterocycles. The van der Waals surface area contributed by atoms with E-state index in [0.29, 0.717) is 17.7 Å². The van der Waals surface area contributed by atoms with Gasteiger partial charge in [0, 0.05) is 11.8 Å². The van der Waals surface area contributed by atoms with Crippen LogP contribution in [0.25, 0.3) is 0 Å². The van der Waals surface area contributed by atoms with Crippen LogP contribution in [0.1, 0.15) is 42.9 Å². The van der Waals surface area contributed by atoms with Crippen LogP contribution in [0, 0.1) is 0 Å². The maximum atomic E-state index is 9.54. The summed E-state index contributed by atoms with van der Waals surface area (Å²) in [5.74, 6) is 0.945. The zero-order chi connectivity index (χ0) is 13.2. The Bertz CT molecular complexity index is 579. The van der Waals surface area contributed by atoms with Gasteiger partial charge in [0.25, 0.3) is 0 Å². The van der Waals surface area contributed by atoms with E-state index in [-0.39, 0.29) is 0 Å². The van der Waals surface area contributed by atoms with Crippen LogP contribution in [0.3, 0.4) is 0 Å². The molecule has 0 spiro atoms. The summed E-state index contributed by atoms with van der Waals surface area (Å²) >= 11 is 0. The lowest BCUT2D eigenvalue weighted by Gasteiger charge is -2.31. The molecule has 19 heavy (non-hydrogen) atoms. The van der Waals surface area contributed by atoms with E-state index in [2.05, 4.69) is 36.5 Å². The van der Waals surface area contributed by atoms with Crippen molar-refractivity contribution < 1.29 is 5.11 Å². The average molecular weight is 253 g/mol. The highest BCUT2D eigenvalue weighted by Gasteiger charge is 2.24. The summed E-state index contributed by atoms with van der Waals surface area (Å²) in [6.07, 6.45) is 2.33. The minimum absolute atomic E-state index is 0.308. The summed E-state index contributed by atoms with van der Waals surface area (Å²) in [4.78, 5) is 0. The number of fused-ring (bicyclic) bond motifs is 1. The number of phenols is 1. The van der Waals surface area contributed by atoms with Gasteiger partial charge in [-0.3, -0.25) is 0 Å².